The van der Waals surface area contributed by atoms with Crippen LogP contribution < -0.4 is 0 Å². The zero-order valence-corrected chi connectivity index (χ0v) is 14.9. The van der Waals surface area contributed by atoms with Gasteiger partial charge in [-0.05, 0) is 54.4 Å². The minimum Gasteiger partial charge on any atom is -0.326 e. The lowest BCUT2D eigenvalue weighted by Gasteiger charge is -2.55. The van der Waals surface area contributed by atoms with E-state index in [1.807, 2.05) is 4.90 Å². The lowest BCUT2D eigenvalue weighted by molar-refractivity contribution is -0.0153. The van der Waals surface area contributed by atoms with Crippen molar-refractivity contribution in [3.8, 4) is 0 Å². The van der Waals surface area contributed by atoms with Gasteiger partial charge in [0, 0.05) is 11.7 Å². The van der Waals surface area contributed by atoms with Gasteiger partial charge in [-0.1, -0.05) is 13.8 Å². The fraction of sp³-hybridized carbons (Fsp3) is 0.765. The Labute approximate surface area is 128 Å². The van der Waals surface area contributed by atoms with Crippen molar-refractivity contribution in [3.05, 3.63) is 17.2 Å². The van der Waals surface area contributed by atoms with Crippen molar-refractivity contribution in [1.29, 1.82) is 0 Å². The molecule has 0 saturated carbocycles. The number of rotatable bonds is 2. The average Bonchev–Trinajstić information content (AvgIpc) is 2.65. The van der Waals surface area contributed by atoms with Crippen LogP contribution in [0.2, 0.25) is 0 Å². The molecule has 4 heteroatoms. The zero-order chi connectivity index (χ0) is 16.3. The van der Waals surface area contributed by atoms with Gasteiger partial charge in [-0.25, -0.2) is 4.98 Å². The van der Waals surface area contributed by atoms with E-state index in [2.05, 4.69) is 66.9 Å². The summed E-state index contributed by atoms with van der Waals surface area (Å²) >= 11 is 0. The third-order valence-electron chi connectivity index (χ3n) is 5.28. The predicted octanol–water partition coefficient (Wildman–Crippen LogP) is 3.69. The highest BCUT2D eigenvalue weighted by Crippen LogP contribution is 2.43. The van der Waals surface area contributed by atoms with Crippen molar-refractivity contribution in [2.75, 3.05) is 0 Å². The molecule has 2 rings (SSSR count). The summed E-state index contributed by atoms with van der Waals surface area (Å²) in [6.45, 7) is 19.2. The van der Waals surface area contributed by atoms with Gasteiger partial charge in [0.25, 0.3) is 5.91 Å². The Hall–Kier alpha value is -1.32. The molecule has 1 aliphatic heterocycles. The topological polar surface area (TPSA) is 38.1 Å². The lowest BCUT2D eigenvalue weighted by Crippen LogP contribution is -2.67. The van der Waals surface area contributed by atoms with Gasteiger partial charge in [-0.2, -0.15) is 0 Å². The number of carbonyl (C=O) groups excluding carboxylic acids is 1. The summed E-state index contributed by atoms with van der Waals surface area (Å²) in [7, 11) is 0. The molecule has 118 valence electrons. The van der Waals surface area contributed by atoms with Crippen molar-refractivity contribution >= 4 is 5.91 Å². The van der Waals surface area contributed by atoms with Crippen LogP contribution in [0.15, 0.2) is 0 Å². The third kappa shape index (κ3) is 1.95. The molecule has 0 spiro atoms. The lowest BCUT2D eigenvalue weighted by atomic mass is 9.77. The van der Waals surface area contributed by atoms with E-state index < -0.39 is 0 Å². The molecule has 0 unspecified atom stereocenters. The number of amides is 1. The number of fused-ring (bicyclic) bond motifs is 1. The van der Waals surface area contributed by atoms with Crippen LogP contribution in [-0.4, -0.2) is 31.9 Å². The van der Waals surface area contributed by atoms with Gasteiger partial charge >= 0.3 is 0 Å². The first-order valence-corrected chi connectivity index (χ1v) is 7.88. The summed E-state index contributed by atoms with van der Waals surface area (Å²) < 4.78 is 2.16. The highest BCUT2D eigenvalue weighted by atomic mass is 16.2. The maximum atomic E-state index is 13.0. The van der Waals surface area contributed by atoms with Crippen molar-refractivity contribution in [1.82, 2.24) is 14.5 Å². The van der Waals surface area contributed by atoms with Gasteiger partial charge < -0.3 is 9.47 Å². The molecule has 0 bridgehead atoms. The van der Waals surface area contributed by atoms with E-state index in [-0.39, 0.29) is 23.0 Å². The second kappa shape index (κ2) is 4.59. The fourth-order valence-electron chi connectivity index (χ4n) is 3.70. The largest absolute Gasteiger partial charge is 0.326 e. The quantitative estimate of drug-likeness (QED) is 0.833. The average molecular weight is 291 g/mol. The number of hydrogen-bond donors (Lipinski definition) is 0. The number of carbonyl (C=O) groups is 1. The highest BCUT2D eigenvalue weighted by molar-refractivity contribution is 5.93. The molecule has 4 nitrogen and oxygen atoms in total. The smallest absolute Gasteiger partial charge is 0.290 e. The van der Waals surface area contributed by atoms with Gasteiger partial charge in [0.05, 0.1) is 16.8 Å². The van der Waals surface area contributed by atoms with Crippen LogP contribution in [-0.2, 0) is 5.54 Å². The van der Waals surface area contributed by atoms with Crippen LogP contribution in [0.1, 0.15) is 83.3 Å². The normalized spacial score (nSPS) is 20.3. The van der Waals surface area contributed by atoms with Crippen molar-refractivity contribution < 1.29 is 4.79 Å². The Morgan fingerprint density at radius 1 is 1.00 bits per heavy atom. The van der Waals surface area contributed by atoms with E-state index in [9.17, 15) is 4.79 Å². The highest BCUT2D eigenvalue weighted by Gasteiger charge is 2.53. The third-order valence-corrected chi connectivity index (χ3v) is 5.28. The summed E-state index contributed by atoms with van der Waals surface area (Å²) in [5.41, 5.74) is 1.68. The summed E-state index contributed by atoms with van der Waals surface area (Å²) in [6.07, 6.45) is 0. The molecule has 2 heterocycles. The molecule has 0 saturated heterocycles. The van der Waals surface area contributed by atoms with Crippen LogP contribution in [0, 0.1) is 6.92 Å². The van der Waals surface area contributed by atoms with Crippen LogP contribution >= 0.6 is 0 Å². The molecule has 1 aliphatic rings. The van der Waals surface area contributed by atoms with Crippen LogP contribution in [0.25, 0.3) is 0 Å². The molecule has 0 radical (unpaired) electrons. The second-order valence-electron chi connectivity index (χ2n) is 7.78. The Balaban J connectivity index is 2.79. The molecule has 0 N–H and O–H groups in total. The fourth-order valence-corrected chi connectivity index (χ4v) is 3.70. The minimum absolute atomic E-state index is 0.0457. The molecule has 0 fully saturated rings. The molecule has 1 amide bonds. The number of aromatic nitrogens is 2. The molecule has 1 aromatic heterocycles. The van der Waals surface area contributed by atoms with Crippen molar-refractivity contribution in [3.63, 3.8) is 0 Å². The molecule has 0 aromatic carbocycles. The summed E-state index contributed by atoms with van der Waals surface area (Å²) in [5.74, 6) is 0.959. The van der Waals surface area contributed by atoms with Crippen LogP contribution in [0.4, 0.5) is 0 Å². The minimum atomic E-state index is -0.273. The first kappa shape index (κ1) is 16.1. The monoisotopic (exact) mass is 291 g/mol. The maximum Gasteiger partial charge on any atom is 0.290 e. The number of imidazole rings is 1. The molecule has 21 heavy (non-hydrogen) atoms. The molecular formula is C17H29N3O. The Kier molecular flexibility index (Phi) is 3.51. The van der Waals surface area contributed by atoms with E-state index in [1.165, 1.54) is 0 Å². The van der Waals surface area contributed by atoms with E-state index in [1.54, 1.807) is 0 Å². The molecular weight excluding hydrogens is 262 g/mol. The van der Waals surface area contributed by atoms with E-state index in [0.29, 0.717) is 11.7 Å². The first-order valence-electron chi connectivity index (χ1n) is 7.88. The predicted molar refractivity (Wildman–Crippen MR) is 85.8 cm³/mol. The van der Waals surface area contributed by atoms with E-state index in [0.717, 1.165) is 11.4 Å². The van der Waals surface area contributed by atoms with Gasteiger partial charge in [-0.15, -0.1) is 0 Å². The Bertz CT molecular complexity index is 579. The van der Waals surface area contributed by atoms with E-state index >= 15 is 0 Å². The van der Waals surface area contributed by atoms with Crippen molar-refractivity contribution in [2.24, 2.45) is 0 Å². The Morgan fingerprint density at radius 2 is 1.52 bits per heavy atom. The van der Waals surface area contributed by atoms with Crippen molar-refractivity contribution in [2.45, 2.75) is 85.4 Å². The Morgan fingerprint density at radius 3 is 1.95 bits per heavy atom. The standard InChI is InChI=1S/C17H29N3O/c1-10(2)13-12(5)20-14(18-13)15(21)19(11(3)4)16(6,7)17(20,8)9/h10-11H,1-9H3. The van der Waals surface area contributed by atoms with Gasteiger partial charge in [0.1, 0.15) is 0 Å². The first-order chi connectivity index (χ1) is 9.44. The molecule has 0 atom stereocenters. The summed E-state index contributed by atoms with van der Waals surface area (Å²) in [6, 6.07) is 0.153. The number of nitrogens with zero attached hydrogens (tertiary/aromatic N) is 3. The van der Waals surface area contributed by atoms with Crippen LogP contribution in [0.5, 0.6) is 0 Å². The van der Waals surface area contributed by atoms with Gasteiger partial charge in [0.2, 0.25) is 0 Å². The van der Waals surface area contributed by atoms with Gasteiger partial charge in [-0.3, -0.25) is 4.79 Å². The van der Waals surface area contributed by atoms with Crippen LogP contribution in [0.3, 0.4) is 0 Å². The zero-order valence-electron chi connectivity index (χ0n) is 14.9. The molecule has 1 aromatic rings. The number of hydrogen-bond acceptors (Lipinski definition) is 2. The van der Waals surface area contributed by atoms with Gasteiger partial charge in [0.15, 0.2) is 5.82 Å². The SMILES string of the molecule is Cc1c(C(C)C)nc2n1C(C)(C)C(C)(C)N(C(C)C)C2=O. The summed E-state index contributed by atoms with van der Waals surface area (Å²) in [5, 5.41) is 0. The van der Waals surface area contributed by atoms with E-state index in [4.69, 9.17) is 4.98 Å². The maximum absolute atomic E-state index is 13.0. The second-order valence-corrected chi connectivity index (χ2v) is 7.78. The summed E-state index contributed by atoms with van der Waals surface area (Å²) in [4.78, 5) is 19.7. The molecule has 0 aliphatic carbocycles.